The Bertz CT molecular complexity index is 185. The molecule has 1 N–H and O–H groups in total. The number of halogens is 2. The molecule has 0 aromatic heterocycles. The number of hydrogen-bond donors (Lipinski definition) is 1. The van der Waals surface area contributed by atoms with Crippen molar-refractivity contribution in [2.75, 3.05) is 0 Å². The number of carboxylic acids is 1. The highest BCUT2D eigenvalue weighted by atomic mass is 19.3. The van der Waals surface area contributed by atoms with Crippen molar-refractivity contribution in [1.82, 2.24) is 0 Å². The number of hydrogen-bond acceptors (Lipinski definition) is 1. The number of carboxylic acid groups (broad SMARTS) is 1. The van der Waals surface area contributed by atoms with Gasteiger partial charge in [0.25, 0.3) is 0 Å². The Balaban J connectivity index is 2.35. The van der Waals surface area contributed by atoms with Gasteiger partial charge in [-0.3, -0.25) is 4.79 Å². The van der Waals surface area contributed by atoms with E-state index in [0.29, 0.717) is 12.8 Å². The smallest absolute Gasteiger partial charge is 0.306 e. The lowest BCUT2D eigenvalue weighted by Crippen LogP contribution is -2.40. The summed E-state index contributed by atoms with van der Waals surface area (Å²) in [6.07, 6.45) is -1.69. The van der Waals surface area contributed by atoms with Crippen molar-refractivity contribution in [3.63, 3.8) is 0 Å². The highest BCUT2D eigenvalue weighted by Gasteiger charge is 2.45. The summed E-state index contributed by atoms with van der Waals surface area (Å²) in [4.78, 5) is 10.4. The van der Waals surface area contributed by atoms with Crippen LogP contribution in [0.2, 0.25) is 0 Å². The molecule has 1 fully saturated rings. The van der Waals surface area contributed by atoms with E-state index in [9.17, 15) is 13.6 Å². The van der Waals surface area contributed by atoms with E-state index >= 15 is 0 Å². The molecule has 0 spiro atoms. The highest BCUT2D eigenvalue weighted by Crippen LogP contribution is 2.49. The maximum absolute atomic E-state index is 11.9. The molecule has 70 valence electrons. The van der Waals surface area contributed by atoms with Gasteiger partial charge in [0.15, 0.2) is 0 Å². The largest absolute Gasteiger partial charge is 0.481 e. The fourth-order valence-corrected chi connectivity index (χ4v) is 1.84. The lowest BCUT2D eigenvalue weighted by atomic mass is 9.61. The minimum atomic E-state index is -2.32. The lowest BCUT2D eigenvalue weighted by Gasteiger charge is -2.43. The topological polar surface area (TPSA) is 37.3 Å². The van der Waals surface area contributed by atoms with E-state index in [-0.39, 0.29) is 6.42 Å². The van der Waals surface area contributed by atoms with Crippen molar-refractivity contribution >= 4 is 5.97 Å². The Hall–Kier alpha value is -0.670. The molecule has 0 heterocycles. The molecule has 0 aromatic carbocycles. The van der Waals surface area contributed by atoms with Crippen LogP contribution in [0.15, 0.2) is 0 Å². The molecule has 0 aromatic rings. The molecular weight excluding hydrogens is 166 g/mol. The summed E-state index contributed by atoms with van der Waals surface area (Å²) in [6, 6.07) is 0. The van der Waals surface area contributed by atoms with E-state index in [1.54, 1.807) is 6.92 Å². The first-order valence-electron chi connectivity index (χ1n) is 3.94. The maximum atomic E-state index is 11.9. The first-order chi connectivity index (χ1) is 5.43. The maximum Gasteiger partial charge on any atom is 0.306 e. The standard InChI is InChI=1S/C8H12F2O2/c1-8(4-6(9)10)2-5(3-8)7(11)12/h5-6H,2-4H2,1H3,(H,11,12). The zero-order valence-electron chi connectivity index (χ0n) is 6.89. The van der Waals surface area contributed by atoms with Crippen LogP contribution >= 0.6 is 0 Å². The minimum absolute atomic E-state index is 0.170. The Kier molecular flexibility index (Phi) is 2.35. The Labute approximate surface area is 69.6 Å². The minimum Gasteiger partial charge on any atom is -0.481 e. The normalized spacial score (nSPS) is 34.8. The van der Waals surface area contributed by atoms with Gasteiger partial charge in [0.2, 0.25) is 6.43 Å². The first kappa shape index (κ1) is 9.42. The van der Waals surface area contributed by atoms with Gasteiger partial charge < -0.3 is 5.11 Å². The summed E-state index contributed by atoms with van der Waals surface area (Å²) in [5.74, 6) is -1.25. The molecule has 1 aliphatic rings. The fraction of sp³-hybridized carbons (Fsp3) is 0.875. The Morgan fingerprint density at radius 2 is 2.17 bits per heavy atom. The second kappa shape index (κ2) is 2.99. The average molecular weight is 178 g/mol. The van der Waals surface area contributed by atoms with Crippen LogP contribution in [0, 0.1) is 11.3 Å². The summed E-state index contributed by atoms with van der Waals surface area (Å²) in [6.45, 7) is 1.72. The zero-order chi connectivity index (χ0) is 9.35. The van der Waals surface area contributed by atoms with E-state index in [4.69, 9.17) is 5.11 Å². The quantitative estimate of drug-likeness (QED) is 0.718. The molecule has 0 saturated heterocycles. The van der Waals surface area contributed by atoms with Crippen LogP contribution < -0.4 is 0 Å². The number of alkyl halides is 2. The molecule has 2 nitrogen and oxygen atoms in total. The summed E-state index contributed by atoms with van der Waals surface area (Å²) >= 11 is 0. The van der Waals surface area contributed by atoms with Crippen LogP contribution in [0.25, 0.3) is 0 Å². The van der Waals surface area contributed by atoms with Crippen LogP contribution in [0.4, 0.5) is 8.78 Å². The third-order valence-corrected chi connectivity index (χ3v) is 2.47. The van der Waals surface area contributed by atoms with Gasteiger partial charge in [-0.05, 0) is 18.3 Å². The number of aliphatic carboxylic acids is 1. The van der Waals surface area contributed by atoms with Crippen LogP contribution in [0.5, 0.6) is 0 Å². The van der Waals surface area contributed by atoms with Crippen molar-refractivity contribution in [1.29, 1.82) is 0 Å². The molecule has 0 aliphatic heterocycles. The monoisotopic (exact) mass is 178 g/mol. The van der Waals surface area contributed by atoms with Crippen LogP contribution in [-0.2, 0) is 4.79 Å². The van der Waals surface area contributed by atoms with Gasteiger partial charge in [-0.2, -0.15) is 0 Å². The summed E-state index contributed by atoms with van der Waals surface area (Å²) in [7, 11) is 0. The van der Waals surface area contributed by atoms with Gasteiger partial charge in [-0.25, -0.2) is 8.78 Å². The molecule has 1 aliphatic carbocycles. The predicted octanol–water partition coefficient (Wildman–Crippen LogP) is 2.14. The molecular formula is C8H12F2O2. The van der Waals surface area contributed by atoms with E-state index in [0.717, 1.165) is 0 Å². The first-order valence-corrected chi connectivity index (χ1v) is 3.94. The van der Waals surface area contributed by atoms with Crippen molar-refractivity contribution in [2.45, 2.75) is 32.6 Å². The van der Waals surface area contributed by atoms with Crippen molar-refractivity contribution in [3.8, 4) is 0 Å². The zero-order valence-corrected chi connectivity index (χ0v) is 6.89. The number of rotatable bonds is 3. The summed E-state index contributed by atoms with van der Waals surface area (Å²) in [5, 5.41) is 8.51. The summed E-state index contributed by atoms with van der Waals surface area (Å²) < 4.78 is 23.9. The van der Waals surface area contributed by atoms with Crippen molar-refractivity contribution in [3.05, 3.63) is 0 Å². The predicted molar refractivity (Wildman–Crippen MR) is 39.1 cm³/mol. The molecule has 0 bridgehead atoms. The third-order valence-electron chi connectivity index (χ3n) is 2.47. The van der Waals surface area contributed by atoms with Gasteiger partial charge >= 0.3 is 5.97 Å². The highest BCUT2D eigenvalue weighted by molar-refractivity contribution is 5.71. The fourth-order valence-electron chi connectivity index (χ4n) is 1.84. The summed E-state index contributed by atoms with van der Waals surface area (Å²) in [5.41, 5.74) is -0.433. The molecule has 1 rings (SSSR count). The molecule has 0 atom stereocenters. The molecule has 4 heteroatoms. The van der Waals surface area contributed by atoms with E-state index in [1.807, 2.05) is 0 Å². The van der Waals surface area contributed by atoms with Crippen LogP contribution in [-0.4, -0.2) is 17.5 Å². The lowest BCUT2D eigenvalue weighted by molar-refractivity contribution is -0.151. The molecule has 12 heavy (non-hydrogen) atoms. The Morgan fingerprint density at radius 3 is 2.50 bits per heavy atom. The van der Waals surface area contributed by atoms with Crippen molar-refractivity contribution in [2.24, 2.45) is 11.3 Å². The van der Waals surface area contributed by atoms with Gasteiger partial charge in [0.05, 0.1) is 5.92 Å². The van der Waals surface area contributed by atoms with E-state index in [2.05, 4.69) is 0 Å². The average Bonchev–Trinajstić information content (AvgIpc) is 1.80. The van der Waals surface area contributed by atoms with Gasteiger partial charge in [0.1, 0.15) is 0 Å². The van der Waals surface area contributed by atoms with Gasteiger partial charge in [0, 0.05) is 6.42 Å². The van der Waals surface area contributed by atoms with Crippen LogP contribution in [0.1, 0.15) is 26.2 Å². The van der Waals surface area contributed by atoms with Crippen molar-refractivity contribution < 1.29 is 18.7 Å². The van der Waals surface area contributed by atoms with E-state index < -0.39 is 23.7 Å². The van der Waals surface area contributed by atoms with Crippen LogP contribution in [0.3, 0.4) is 0 Å². The third kappa shape index (κ3) is 1.93. The molecule has 0 radical (unpaired) electrons. The SMILES string of the molecule is CC1(CC(F)F)CC(C(=O)O)C1. The molecule has 0 amide bonds. The van der Waals surface area contributed by atoms with E-state index in [1.165, 1.54) is 0 Å². The second-order valence-electron chi connectivity index (χ2n) is 3.85. The molecule has 0 unspecified atom stereocenters. The van der Waals surface area contributed by atoms with Gasteiger partial charge in [-0.15, -0.1) is 0 Å². The molecule has 1 saturated carbocycles. The second-order valence-corrected chi connectivity index (χ2v) is 3.85. The van der Waals surface area contributed by atoms with Gasteiger partial charge in [-0.1, -0.05) is 6.92 Å². The number of carbonyl (C=O) groups is 1. The Morgan fingerprint density at radius 1 is 1.67 bits per heavy atom.